The number of carbonyl (C=O) groups excluding carboxylic acids is 2. The van der Waals surface area contributed by atoms with Crippen molar-refractivity contribution in [1.29, 1.82) is 0 Å². The Morgan fingerprint density at radius 2 is 1.63 bits per heavy atom. The number of fused-ring (bicyclic) bond motifs is 1. The molecule has 4 heteroatoms. The molecule has 5 aliphatic rings. The zero-order valence-corrected chi connectivity index (χ0v) is 16.2. The lowest BCUT2D eigenvalue weighted by Gasteiger charge is -2.55. The van der Waals surface area contributed by atoms with Crippen LogP contribution in [0.2, 0.25) is 0 Å². The average Bonchev–Trinajstić information content (AvgIpc) is 2.66. The summed E-state index contributed by atoms with van der Waals surface area (Å²) in [6.45, 7) is 3.27. The Labute approximate surface area is 161 Å². The summed E-state index contributed by atoms with van der Waals surface area (Å²) in [5, 5.41) is 3.13. The molecule has 1 N–H and O–H groups in total. The molecule has 1 heterocycles. The molecule has 4 fully saturated rings. The molecular formula is C23H30N2O2. The van der Waals surface area contributed by atoms with E-state index in [1.807, 2.05) is 17.9 Å². The average molecular weight is 367 g/mol. The number of benzene rings is 1. The van der Waals surface area contributed by atoms with Gasteiger partial charge in [-0.3, -0.25) is 9.59 Å². The third kappa shape index (κ3) is 2.97. The number of hydrogen-bond acceptors (Lipinski definition) is 2. The van der Waals surface area contributed by atoms with Crippen molar-refractivity contribution < 1.29 is 9.59 Å². The fourth-order valence-corrected chi connectivity index (χ4v) is 6.76. The quantitative estimate of drug-likeness (QED) is 0.892. The molecule has 4 aliphatic carbocycles. The maximum Gasteiger partial charge on any atom is 0.245 e. The molecule has 1 aromatic rings. The Morgan fingerprint density at radius 1 is 1.04 bits per heavy atom. The van der Waals surface area contributed by atoms with E-state index < -0.39 is 6.04 Å². The van der Waals surface area contributed by atoms with Gasteiger partial charge in [0.2, 0.25) is 11.8 Å². The predicted molar refractivity (Wildman–Crippen MR) is 104 cm³/mol. The summed E-state index contributed by atoms with van der Waals surface area (Å²) in [6.07, 6.45) is 8.02. The van der Waals surface area contributed by atoms with Gasteiger partial charge in [-0.15, -0.1) is 0 Å². The monoisotopic (exact) mass is 366 g/mol. The molecule has 4 bridgehead atoms. The summed E-state index contributed by atoms with van der Waals surface area (Å²) < 4.78 is 0. The van der Waals surface area contributed by atoms with Crippen LogP contribution in [0.1, 0.15) is 56.6 Å². The summed E-state index contributed by atoms with van der Waals surface area (Å²) >= 11 is 0. The second kappa shape index (κ2) is 6.35. The van der Waals surface area contributed by atoms with E-state index in [9.17, 15) is 9.59 Å². The van der Waals surface area contributed by atoms with Crippen LogP contribution in [-0.2, 0) is 22.6 Å². The SMILES string of the molecule is C[C@@H](NC(=O)C12CC3CC(CC(C3)C1)C2)C(=O)N1CCc2ccccc2C1. The van der Waals surface area contributed by atoms with Crippen LogP contribution in [0.4, 0.5) is 0 Å². The van der Waals surface area contributed by atoms with Gasteiger partial charge in [-0.2, -0.15) is 0 Å². The van der Waals surface area contributed by atoms with Gasteiger partial charge in [0.15, 0.2) is 0 Å². The minimum Gasteiger partial charge on any atom is -0.344 e. The molecule has 2 amide bonds. The van der Waals surface area contributed by atoms with Crippen molar-refractivity contribution in [3.63, 3.8) is 0 Å². The summed E-state index contributed by atoms with van der Waals surface area (Å²) in [7, 11) is 0. The highest BCUT2D eigenvalue weighted by molar-refractivity contribution is 5.90. The first-order valence-corrected chi connectivity index (χ1v) is 10.7. The maximum atomic E-state index is 13.2. The lowest BCUT2D eigenvalue weighted by atomic mass is 9.49. The lowest BCUT2D eigenvalue weighted by molar-refractivity contribution is -0.149. The van der Waals surface area contributed by atoms with E-state index in [1.165, 1.54) is 30.4 Å². The van der Waals surface area contributed by atoms with Crippen molar-refractivity contribution in [3.05, 3.63) is 35.4 Å². The number of hydrogen-bond donors (Lipinski definition) is 1. The Bertz CT molecular complexity index is 736. The van der Waals surface area contributed by atoms with Crippen LogP contribution < -0.4 is 5.32 Å². The van der Waals surface area contributed by atoms with Crippen LogP contribution >= 0.6 is 0 Å². The normalized spacial score (nSPS) is 34.9. The first-order chi connectivity index (χ1) is 13.0. The van der Waals surface area contributed by atoms with E-state index in [1.54, 1.807) is 0 Å². The van der Waals surface area contributed by atoms with Crippen LogP contribution in [0, 0.1) is 23.2 Å². The zero-order chi connectivity index (χ0) is 18.6. The Morgan fingerprint density at radius 3 is 2.26 bits per heavy atom. The number of rotatable bonds is 3. The van der Waals surface area contributed by atoms with Crippen molar-refractivity contribution >= 4 is 11.8 Å². The van der Waals surface area contributed by atoms with Gasteiger partial charge >= 0.3 is 0 Å². The molecule has 4 saturated carbocycles. The highest BCUT2D eigenvalue weighted by atomic mass is 16.2. The zero-order valence-electron chi connectivity index (χ0n) is 16.2. The van der Waals surface area contributed by atoms with Crippen LogP contribution in [0.3, 0.4) is 0 Å². The molecular weight excluding hydrogens is 336 g/mol. The fraction of sp³-hybridized carbons (Fsp3) is 0.652. The van der Waals surface area contributed by atoms with Crippen LogP contribution in [-0.4, -0.2) is 29.3 Å². The molecule has 6 rings (SSSR count). The number of nitrogens with one attached hydrogen (secondary N) is 1. The molecule has 0 spiro atoms. The molecule has 144 valence electrons. The van der Waals surface area contributed by atoms with Crippen molar-refractivity contribution in [1.82, 2.24) is 10.2 Å². The van der Waals surface area contributed by atoms with E-state index in [4.69, 9.17) is 0 Å². The molecule has 4 nitrogen and oxygen atoms in total. The third-order valence-corrected chi connectivity index (χ3v) is 7.68. The minimum absolute atomic E-state index is 0.0579. The Hall–Kier alpha value is -1.84. The van der Waals surface area contributed by atoms with Crippen LogP contribution in [0.25, 0.3) is 0 Å². The van der Waals surface area contributed by atoms with Crippen molar-refractivity contribution in [3.8, 4) is 0 Å². The lowest BCUT2D eigenvalue weighted by Crippen LogP contribution is -2.57. The second-order valence-electron chi connectivity index (χ2n) is 9.67. The Balaban J connectivity index is 1.25. The summed E-state index contributed by atoms with van der Waals surface area (Å²) in [4.78, 5) is 28.1. The highest BCUT2D eigenvalue weighted by Crippen LogP contribution is 2.60. The first-order valence-electron chi connectivity index (χ1n) is 10.7. The van der Waals surface area contributed by atoms with E-state index >= 15 is 0 Å². The van der Waals surface area contributed by atoms with E-state index in [2.05, 4.69) is 23.5 Å². The van der Waals surface area contributed by atoms with Gasteiger partial charge in [-0.05, 0) is 80.8 Å². The molecule has 0 radical (unpaired) electrons. The third-order valence-electron chi connectivity index (χ3n) is 7.68. The molecule has 1 aromatic carbocycles. The molecule has 0 unspecified atom stereocenters. The van der Waals surface area contributed by atoms with Gasteiger partial charge in [0, 0.05) is 18.5 Å². The first kappa shape index (κ1) is 17.3. The van der Waals surface area contributed by atoms with Gasteiger partial charge in [-0.1, -0.05) is 24.3 Å². The smallest absolute Gasteiger partial charge is 0.245 e. The van der Waals surface area contributed by atoms with Crippen molar-refractivity contribution in [2.75, 3.05) is 6.54 Å². The standard InChI is InChI=1S/C23H30N2O2/c1-15(21(26)25-7-6-19-4-2-3-5-20(19)14-25)24-22(27)23-11-16-8-17(12-23)10-18(9-16)13-23/h2-5,15-18H,6-14H2,1H3,(H,24,27)/t15-,16?,17?,18?,23?/m1/s1. The topological polar surface area (TPSA) is 49.4 Å². The van der Waals surface area contributed by atoms with E-state index in [-0.39, 0.29) is 17.2 Å². The number of nitrogens with zero attached hydrogens (tertiary/aromatic N) is 1. The second-order valence-corrected chi connectivity index (χ2v) is 9.67. The van der Waals surface area contributed by atoms with Crippen LogP contribution in [0.5, 0.6) is 0 Å². The molecule has 1 aliphatic heterocycles. The highest BCUT2D eigenvalue weighted by Gasteiger charge is 2.54. The van der Waals surface area contributed by atoms with Gasteiger partial charge in [0.1, 0.15) is 6.04 Å². The summed E-state index contributed by atoms with van der Waals surface area (Å²) in [5.74, 6) is 2.44. The van der Waals surface area contributed by atoms with Gasteiger partial charge < -0.3 is 10.2 Å². The van der Waals surface area contributed by atoms with Crippen molar-refractivity contribution in [2.24, 2.45) is 23.2 Å². The molecule has 1 atom stereocenters. The molecule has 27 heavy (non-hydrogen) atoms. The van der Waals surface area contributed by atoms with Crippen LogP contribution in [0.15, 0.2) is 24.3 Å². The maximum absolute atomic E-state index is 13.2. The Kier molecular flexibility index (Phi) is 4.06. The number of amides is 2. The van der Waals surface area contributed by atoms with Gasteiger partial charge in [-0.25, -0.2) is 0 Å². The van der Waals surface area contributed by atoms with Gasteiger partial charge in [0.05, 0.1) is 0 Å². The molecule has 0 aromatic heterocycles. The summed E-state index contributed by atoms with van der Waals surface area (Å²) in [5.41, 5.74) is 2.39. The van der Waals surface area contributed by atoms with E-state index in [0.29, 0.717) is 6.54 Å². The molecule has 0 saturated heterocycles. The minimum atomic E-state index is -0.434. The summed E-state index contributed by atoms with van der Waals surface area (Å²) in [6, 6.07) is 7.91. The van der Waals surface area contributed by atoms with Gasteiger partial charge in [0.25, 0.3) is 0 Å². The predicted octanol–water partition coefficient (Wildman–Crippen LogP) is 3.29. The van der Waals surface area contributed by atoms with Crippen molar-refractivity contribution in [2.45, 2.75) is 64.5 Å². The fourth-order valence-electron chi connectivity index (χ4n) is 6.76. The van der Waals surface area contributed by atoms with E-state index in [0.717, 1.165) is 50.0 Å². The number of carbonyl (C=O) groups is 2. The largest absolute Gasteiger partial charge is 0.344 e.